The van der Waals surface area contributed by atoms with Gasteiger partial charge in [-0.3, -0.25) is 4.18 Å². The predicted molar refractivity (Wildman–Crippen MR) is 118 cm³/mol. The van der Waals surface area contributed by atoms with Gasteiger partial charge < -0.3 is 15.5 Å². The number of nitrogens with one attached hydrogen (secondary N) is 1. The molecule has 0 fully saturated rings. The summed E-state index contributed by atoms with van der Waals surface area (Å²) in [6, 6.07) is 8.33. The monoisotopic (exact) mass is 431 g/mol. The molecule has 0 saturated carbocycles. The molecular weight excluding hydrogens is 390 g/mol. The number of benzene rings is 1. The summed E-state index contributed by atoms with van der Waals surface area (Å²) in [6.07, 6.45) is 12.3. The van der Waals surface area contributed by atoms with Crippen molar-refractivity contribution in [1.82, 2.24) is 5.32 Å². The van der Waals surface area contributed by atoms with Crippen LogP contribution in [0.4, 0.5) is 0 Å². The Morgan fingerprint density at radius 2 is 1.28 bits per heavy atom. The molecule has 170 valence electrons. The van der Waals surface area contributed by atoms with Gasteiger partial charge in [-0.25, -0.2) is 0 Å². The van der Waals surface area contributed by atoms with E-state index in [1.54, 1.807) is 30.3 Å². The summed E-state index contributed by atoms with van der Waals surface area (Å²) in [5.41, 5.74) is 0. The van der Waals surface area contributed by atoms with Gasteiger partial charge in [-0.15, -0.1) is 0 Å². The molecule has 0 saturated heterocycles. The molecule has 0 radical (unpaired) electrons. The van der Waals surface area contributed by atoms with Crippen LogP contribution >= 0.6 is 0 Å². The zero-order valence-electron chi connectivity index (χ0n) is 18.0. The molecule has 0 aliphatic rings. The molecule has 0 aliphatic heterocycles. The predicted octanol–water partition coefficient (Wildman–Crippen LogP) is 3.87. The molecule has 0 aliphatic carbocycles. The largest absolute Gasteiger partial charge is 0.395 e. The van der Waals surface area contributed by atoms with Crippen molar-refractivity contribution in [1.29, 1.82) is 0 Å². The highest BCUT2D eigenvalue weighted by atomic mass is 32.2. The normalized spacial score (nSPS) is 11.1. The van der Waals surface area contributed by atoms with Gasteiger partial charge in [-0.2, -0.15) is 8.42 Å². The van der Waals surface area contributed by atoms with E-state index in [1.165, 1.54) is 51.4 Å². The molecule has 0 amide bonds. The van der Waals surface area contributed by atoms with E-state index in [0.29, 0.717) is 13.1 Å². The van der Waals surface area contributed by atoms with Gasteiger partial charge in [0.05, 0.1) is 24.7 Å². The van der Waals surface area contributed by atoms with E-state index in [2.05, 4.69) is 12.2 Å². The molecule has 1 aromatic carbocycles. The summed E-state index contributed by atoms with van der Waals surface area (Å²) in [5.74, 6) is 0. The van der Waals surface area contributed by atoms with Gasteiger partial charge in [0, 0.05) is 13.1 Å². The average Bonchev–Trinajstić information content (AvgIpc) is 2.73. The molecule has 0 bridgehead atoms. The summed E-state index contributed by atoms with van der Waals surface area (Å²) in [5, 5.41) is 19.1. The molecule has 0 spiro atoms. The first-order valence-corrected chi connectivity index (χ1v) is 12.4. The Bertz CT molecular complexity index is 548. The quantitative estimate of drug-likeness (QED) is 0.256. The van der Waals surface area contributed by atoms with Crippen LogP contribution in [0.2, 0.25) is 0 Å². The van der Waals surface area contributed by atoms with Crippen molar-refractivity contribution in [3.8, 4) is 0 Å². The lowest BCUT2D eigenvalue weighted by molar-refractivity contribution is 0.266. The fourth-order valence-electron chi connectivity index (χ4n) is 2.70. The van der Waals surface area contributed by atoms with Crippen molar-refractivity contribution < 1.29 is 22.8 Å². The number of aliphatic hydroxyl groups excluding tert-OH is 2. The summed E-state index contributed by atoms with van der Waals surface area (Å²) < 4.78 is 28.8. The van der Waals surface area contributed by atoms with Crippen molar-refractivity contribution in [3.63, 3.8) is 0 Å². The zero-order chi connectivity index (χ0) is 21.6. The van der Waals surface area contributed by atoms with Crippen LogP contribution in [0.3, 0.4) is 0 Å². The molecule has 0 aromatic heterocycles. The van der Waals surface area contributed by atoms with Gasteiger partial charge >= 0.3 is 0 Å². The Labute approximate surface area is 177 Å². The van der Waals surface area contributed by atoms with Crippen LogP contribution in [0.15, 0.2) is 35.2 Å². The van der Waals surface area contributed by atoms with Crippen molar-refractivity contribution in [3.05, 3.63) is 30.3 Å². The minimum Gasteiger partial charge on any atom is -0.395 e. The van der Waals surface area contributed by atoms with E-state index < -0.39 is 10.1 Å². The smallest absolute Gasteiger partial charge is 0.296 e. The zero-order valence-corrected chi connectivity index (χ0v) is 18.8. The van der Waals surface area contributed by atoms with Crippen LogP contribution in [-0.4, -0.2) is 51.5 Å². The van der Waals surface area contributed by atoms with Crippen molar-refractivity contribution >= 4 is 10.1 Å². The lowest BCUT2D eigenvalue weighted by Gasteiger charge is -2.05. The molecule has 0 heterocycles. The average molecular weight is 432 g/mol. The van der Waals surface area contributed by atoms with E-state index in [-0.39, 0.29) is 24.7 Å². The maximum Gasteiger partial charge on any atom is 0.296 e. The number of hydrogen-bond acceptors (Lipinski definition) is 6. The second-order valence-corrected chi connectivity index (χ2v) is 8.58. The Morgan fingerprint density at radius 3 is 1.76 bits per heavy atom. The summed E-state index contributed by atoms with van der Waals surface area (Å²) >= 11 is 0. The topological polar surface area (TPSA) is 95.9 Å². The second-order valence-electron chi connectivity index (χ2n) is 6.97. The van der Waals surface area contributed by atoms with Gasteiger partial charge in [0.25, 0.3) is 10.1 Å². The van der Waals surface area contributed by atoms with Gasteiger partial charge in [0.15, 0.2) is 0 Å². The Kier molecular flexibility index (Phi) is 19.6. The second kappa shape index (κ2) is 20.3. The highest BCUT2D eigenvalue weighted by Crippen LogP contribution is 2.13. The number of hydrogen-bond donors (Lipinski definition) is 3. The molecule has 1 rings (SSSR count). The standard InChI is InChI=1S/C18H30O3S.C4H11NO2/c1-2-3-4-5-6-7-8-9-10-14-17-21-22(19,20)18-15-12-11-13-16-18;6-3-1-5-2-4-7/h11-13,15-16H,2-10,14,17H2,1H3;5-7H,1-4H2. The van der Waals surface area contributed by atoms with Crippen molar-refractivity contribution in [2.75, 3.05) is 32.9 Å². The third kappa shape index (κ3) is 17.6. The van der Waals surface area contributed by atoms with E-state index >= 15 is 0 Å². The fourth-order valence-corrected chi connectivity index (χ4v) is 3.66. The first-order chi connectivity index (χ1) is 14.1. The van der Waals surface area contributed by atoms with Crippen LogP contribution in [0.1, 0.15) is 71.1 Å². The Morgan fingerprint density at radius 1 is 0.793 bits per heavy atom. The molecule has 6 nitrogen and oxygen atoms in total. The lowest BCUT2D eigenvalue weighted by atomic mass is 10.1. The van der Waals surface area contributed by atoms with Crippen LogP contribution in [-0.2, 0) is 14.3 Å². The molecule has 0 atom stereocenters. The first-order valence-electron chi connectivity index (χ1n) is 11.0. The minimum absolute atomic E-state index is 0.139. The summed E-state index contributed by atoms with van der Waals surface area (Å²) in [4.78, 5) is 0.238. The molecule has 29 heavy (non-hydrogen) atoms. The van der Waals surface area contributed by atoms with Crippen LogP contribution in [0.25, 0.3) is 0 Å². The maximum absolute atomic E-state index is 11.9. The van der Waals surface area contributed by atoms with E-state index in [4.69, 9.17) is 14.4 Å². The van der Waals surface area contributed by atoms with Crippen molar-refractivity contribution in [2.24, 2.45) is 0 Å². The van der Waals surface area contributed by atoms with Crippen molar-refractivity contribution in [2.45, 2.75) is 76.0 Å². The Balaban J connectivity index is 0.000000956. The molecule has 1 aromatic rings. The van der Waals surface area contributed by atoms with Gasteiger partial charge in [0.1, 0.15) is 0 Å². The van der Waals surface area contributed by atoms with Crippen LogP contribution in [0.5, 0.6) is 0 Å². The minimum atomic E-state index is -3.57. The highest BCUT2D eigenvalue weighted by Gasteiger charge is 2.13. The third-order valence-electron chi connectivity index (χ3n) is 4.35. The number of aliphatic hydroxyl groups is 2. The third-order valence-corrected chi connectivity index (χ3v) is 5.67. The first kappa shape index (κ1) is 28.0. The molecule has 3 N–H and O–H groups in total. The van der Waals surface area contributed by atoms with Crippen LogP contribution in [0, 0.1) is 0 Å². The number of unbranched alkanes of at least 4 members (excludes halogenated alkanes) is 9. The van der Waals surface area contributed by atoms with Gasteiger partial charge in [0.2, 0.25) is 0 Å². The van der Waals surface area contributed by atoms with E-state index in [1.807, 2.05) is 0 Å². The molecule has 7 heteroatoms. The number of rotatable bonds is 17. The van der Waals surface area contributed by atoms with Gasteiger partial charge in [-0.1, -0.05) is 82.9 Å². The maximum atomic E-state index is 11.9. The summed E-state index contributed by atoms with van der Waals surface area (Å²) in [6.45, 7) is 3.94. The summed E-state index contributed by atoms with van der Waals surface area (Å²) in [7, 11) is -3.57. The highest BCUT2D eigenvalue weighted by molar-refractivity contribution is 7.86. The van der Waals surface area contributed by atoms with Gasteiger partial charge in [-0.05, 0) is 18.6 Å². The van der Waals surface area contributed by atoms with E-state index in [9.17, 15) is 8.42 Å². The lowest BCUT2D eigenvalue weighted by Crippen LogP contribution is -2.21. The SMILES string of the molecule is CCCCCCCCCCCCOS(=O)(=O)c1ccccc1.OCCNCCO. The Hall–Kier alpha value is -0.990. The fraction of sp³-hybridized carbons (Fsp3) is 0.727. The molecular formula is C22H41NO5S. The van der Waals surface area contributed by atoms with Crippen LogP contribution < -0.4 is 5.32 Å². The molecule has 0 unspecified atom stereocenters. The van der Waals surface area contributed by atoms with E-state index in [0.717, 1.165) is 12.8 Å².